The smallest absolute Gasteiger partial charge is 0.0469 e. The van der Waals surface area contributed by atoms with Crippen LogP contribution in [0.1, 0.15) is 12.8 Å². The largest absolute Gasteiger partial charge is 0.381 e. The molecular weight excluding hydrogens is 254 g/mol. The van der Waals surface area contributed by atoms with Gasteiger partial charge in [-0.15, -0.1) is 11.8 Å². The Morgan fingerprint density at radius 3 is 2.59 bits per heavy atom. The van der Waals surface area contributed by atoms with Gasteiger partial charge in [-0.3, -0.25) is 0 Å². The molecule has 1 heterocycles. The lowest BCUT2D eigenvalue weighted by Gasteiger charge is -2.27. The highest BCUT2D eigenvalue weighted by Crippen LogP contribution is 2.25. The highest BCUT2D eigenvalue weighted by Gasteiger charge is 2.20. The van der Waals surface area contributed by atoms with Gasteiger partial charge in [-0.1, -0.05) is 11.6 Å². The first-order valence-electron chi connectivity index (χ1n) is 5.97. The van der Waals surface area contributed by atoms with Gasteiger partial charge in [0.25, 0.3) is 0 Å². The molecule has 0 aromatic heterocycles. The lowest BCUT2D eigenvalue weighted by Crippen LogP contribution is -2.36. The number of ether oxygens (including phenoxy) is 1. The topological polar surface area (TPSA) is 35.2 Å². The fourth-order valence-electron chi connectivity index (χ4n) is 2.00. The molecule has 0 radical (unpaired) electrons. The second-order valence-electron chi connectivity index (χ2n) is 4.38. The molecule has 1 saturated heterocycles. The average molecular weight is 272 g/mol. The van der Waals surface area contributed by atoms with Gasteiger partial charge >= 0.3 is 0 Å². The molecule has 1 fully saturated rings. The third kappa shape index (κ3) is 4.18. The summed E-state index contributed by atoms with van der Waals surface area (Å²) >= 11 is 7.65. The van der Waals surface area contributed by atoms with E-state index < -0.39 is 0 Å². The summed E-state index contributed by atoms with van der Waals surface area (Å²) in [6.07, 6.45) is 2.20. The summed E-state index contributed by atoms with van der Waals surface area (Å²) in [5.74, 6) is 1.58. The highest BCUT2D eigenvalue weighted by molar-refractivity contribution is 7.99. The molecule has 0 spiro atoms. The Morgan fingerprint density at radius 2 is 1.94 bits per heavy atom. The molecule has 1 aromatic rings. The summed E-state index contributed by atoms with van der Waals surface area (Å²) in [6.45, 7) is 1.73. The fourth-order valence-corrected chi connectivity index (χ4v) is 3.11. The van der Waals surface area contributed by atoms with Crippen LogP contribution in [0.25, 0.3) is 0 Å². The number of hydrogen-bond acceptors (Lipinski definition) is 3. The van der Waals surface area contributed by atoms with E-state index in [1.54, 1.807) is 11.8 Å². The number of thioether (sulfide) groups is 1. The van der Waals surface area contributed by atoms with Crippen LogP contribution in [0.5, 0.6) is 0 Å². The minimum atomic E-state index is 0.263. The Bertz CT molecular complexity index is 338. The number of hydrogen-bond donors (Lipinski definition) is 1. The summed E-state index contributed by atoms with van der Waals surface area (Å²) in [7, 11) is 0. The highest BCUT2D eigenvalue weighted by atomic mass is 35.5. The maximum absolute atomic E-state index is 6.22. The van der Waals surface area contributed by atoms with E-state index in [1.165, 1.54) is 4.90 Å². The van der Waals surface area contributed by atoms with E-state index in [4.69, 9.17) is 22.1 Å². The molecule has 2 rings (SSSR count). The minimum Gasteiger partial charge on any atom is -0.381 e. The van der Waals surface area contributed by atoms with E-state index in [0.29, 0.717) is 5.92 Å². The zero-order chi connectivity index (χ0) is 12.1. The molecule has 1 aromatic carbocycles. The average Bonchev–Trinajstić information content (AvgIpc) is 2.39. The lowest BCUT2D eigenvalue weighted by atomic mass is 9.94. The second-order valence-corrected chi connectivity index (χ2v) is 5.91. The first kappa shape index (κ1) is 13.2. The van der Waals surface area contributed by atoms with Crippen LogP contribution in [0.4, 0.5) is 0 Å². The van der Waals surface area contributed by atoms with Gasteiger partial charge < -0.3 is 10.5 Å². The number of benzene rings is 1. The van der Waals surface area contributed by atoms with Crippen LogP contribution in [0.15, 0.2) is 29.2 Å². The van der Waals surface area contributed by atoms with Crippen molar-refractivity contribution in [3.05, 3.63) is 29.3 Å². The Balaban J connectivity index is 1.78. The SMILES string of the molecule is NC(CSc1ccc(Cl)cc1)C1CCOCC1. The van der Waals surface area contributed by atoms with Crippen molar-refractivity contribution in [2.45, 2.75) is 23.8 Å². The molecule has 94 valence electrons. The van der Waals surface area contributed by atoms with Crippen molar-refractivity contribution in [3.8, 4) is 0 Å². The molecule has 4 heteroatoms. The van der Waals surface area contributed by atoms with E-state index in [1.807, 2.05) is 24.3 Å². The predicted molar refractivity (Wildman–Crippen MR) is 73.7 cm³/mol. The van der Waals surface area contributed by atoms with Gasteiger partial charge in [0.15, 0.2) is 0 Å². The van der Waals surface area contributed by atoms with Gasteiger partial charge in [0.1, 0.15) is 0 Å². The van der Waals surface area contributed by atoms with Crippen LogP contribution in [-0.2, 0) is 4.74 Å². The fraction of sp³-hybridized carbons (Fsp3) is 0.538. The standard InChI is InChI=1S/C13H18ClNOS/c14-11-1-3-12(4-2-11)17-9-13(15)10-5-7-16-8-6-10/h1-4,10,13H,5-9,15H2. The summed E-state index contributed by atoms with van der Waals surface area (Å²) in [5.41, 5.74) is 6.22. The van der Waals surface area contributed by atoms with Crippen molar-refractivity contribution in [1.82, 2.24) is 0 Å². The van der Waals surface area contributed by atoms with Gasteiger partial charge in [0, 0.05) is 34.9 Å². The molecule has 0 aliphatic carbocycles. The van der Waals surface area contributed by atoms with E-state index >= 15 is 0 Å². The van der Waals surface area contributed by atoms with E-state index in [2.05, 4.69) is 0 Å². The maximum Gasteiger partial charge on any atom is 0.0469 e. The van der Waals surface area contributed by atoms with Gasteiger partial charge in [0.2, 0.25) is 0 Å². The molecule has 2 nitrogen and oxygen atoms in total. The zero-order valence-corrected chi connectivity index (χ0v) is 11.3. The predicted octanol–water partition coefficient (Wildman–Crippen LogP) is 3.19. The Morgan fingerprint density at radius 1 is 1.29 bits per heavy atom. The lowest BCUT2D eigenvalue weighted by molar-refractivity contribution is 0.0607. The quantitative estimate of drug-likeness (QED) is 0.855. The third-order valence-electron chi connectivity index (χ3n) is 3.13. The van der Waals surface area contributed by atoms with Crippen LogP contribution < -0.4 is 5.73 Å². The van der Waals surface area contributed by atoms with Gasteiger partial charge in [0.05, 0.1) is 0 Å². The van der Waals surface area contributed by atoms with E-state index in [0.717, 1.165) is 36.8 Å². The molecule has 0 bridgehead atoms. The van der Waals surface area contributed by atoms with Crippen molar-refractivity contribution < 1.29 is 4.74 Å². The van der Waals surface area contributed by atoms with Crippen LogP contribution in [0.2, 0.25) is 5.02 Å². The van der Waals surface area contributed by atoms with Crippen molar-refractivity contribution in [2.75, 3.05) is 19.0 Å². The number of halogens is 1. The number of nitrogens with two attached hydrogens (primary N) is 1. The van der Waals surface area contributed by atoms with Crippen LogP contribution >= 0.6 is 23.4 Å². The van der Waals surface area contributed by atoms with Crippen molar-refractivity contribution in [2.24, 2.45) is 11.7 Å². The Kier molecular flexibility index (Phi) is 5.16. The molecule has 1 unspecified atom stereocenters. The van der Waals surface area contributed by atoms with Crippen LogP contribution in [0, 0.1) is 5.92 Å². The first-order chi connectivity index (χ1) is 8.25. The Labute approximate surface area is 112 Å². The third-order valence-corrected chi connectivity index (χ3v) is 4.54. The summed E-state index contributed by atoms with van der Waals surface area (Å²) in [6, 6.07) is 8.20. The maximum atomic E-state index is 6.22. The zero-order valence-electron chi connectivity index (χ0n) is 9.77. The van der Waals surface area contributed by atoms with Crippen molar-refractivity contribution in [1.29, 1.82) is 0 Å². The molecule has 0 amide bonds. The van der Waals surface area contributed by atoms with Crippen LogP contribution in [-0.4, -0.2) is 25.0 Å². The molecule has 1 aliphatic rings. The summed E-state index contributed by atoms with van der Waals surface area (Å²) < 4.78 is 5.35. The molecule has 2 N–H and O–H groups in total. The minimum absolute atomic E-state index is 0.263. The van der Waals surface area contributed by atoms with E-state index in [9.17, 15) is 0 Å². The monoisotopic (exact) mass is 271 g/mol. The number of rotatable bonds is 4. The van der Waals surface area contributed by atoms with Crippen molar-refractivity contribution in [3.63, 3.8) is 0 Å². The molecule has 1 atom stereocenters. The van der Waals surface area contributed by atoms with Gasteiger partial charge in [-0.2, -0.15) is 0 Å². The van der Waals surface area contributed by atoms with Crippen LogP contribution in [0.3, 0.4) is 0 Å². The molecule has 17 heavy (non-hydrogen) atoms. The molecule has 1 aliphatic heterocycles. The van der Waals surface area contributed by atoms with Gasteiger partial charge in [-0.25, -0.2) is 0 Å². The molecule has 0 saturated carbocycles. The normalized spacial score (nSPS) is 19.2. The second kappa shape index (κ2) is 6.64. The first-order valence-corrected chi connectivity index (χ1v) is 7.34. The summed E-state index contributed by atoms with van der Waals surface area (Å²) in [5, 5.41) is 0.781. The summed E-state index contributed by atoms with van der Waals surface area (Å²) in [4.78, 5) is 1.23. The van der Waals surface area contributed by atoms with Crippen molar-refractivity contribution >= 4 is 23.4 Å². The molecular formula is C13H18ClNOS. The van der Waals surface area contributed by atoms with E-state index in [-0.39, 0.29) is 6.04 Å². The Hall–Kier alpha value is -0.220. The van der Waals surface area contributed by atoms with Gasteiger partial charge in [-0.05, 0) is 43.0 Å².